The minimum Gasteiger partial charge on any atom is -0.344 e. The first kappa shape index (κ1) is 16.9. The van der Waals surface area contributed by atoms with Crippen molar-refractivity contribution in [3.05, 3.63) is 35.9 Å². The zero-order valence-corrected chi connectivity index (χ0v) is 12.4. The van der Waals surface area contributed by atoms with Gasteiger partial charge in [-0.2, -0.15) is 0 Å². The lowest BCUT2D eigenvalue weighted by atomic mass is 9.83. The van der Waals surface area contributed by atoms with Crippen LogP contribution >= 0.6 is 12.4 Å². The number of hydrogen-bond acceptors (Lipinski definition) is 2. The molecule has 1 rings (SSSR count). The molecule has 1 aromatic carbocycles. The van der Waals surface area contributed by atoms with Crippen molar-refractivity contribution in [2.24, 2.45) is 0 Å². The van der Waals surface area contributed by atoms with Gasteiger partial charge < -0.3 is 10.2 Å². The third-order valence-corrected chi connectivity index (χ3v) is 3.07. The average Bonchev–Trinajstić information content (AvgIpc) is 2.36. The first-order valence-electron chi connectivity index (χ1n) is 5.96. The highest BCUT2D eigenvalue weighted by atomic mass is 35.5. The zero-order chi connectivity index (χ0) is 12.9. The van der Waals surface area contributed by atoms with Crippen molar-refractivity contribution in [3.63, 3.8) is 0 Å². The van der Waals surface area contributed by atoms with Crippen LogP contribution in [0.4, 0.5) is 0 Å². The van der Waals surface area contributed by atoms with E-state index in [1.807, 2.05) is 58.3 Å². The second kappa shape index (κ2) is 7.39. The van der Waals surface area contributed by atoms with Crippen LogP contribution in [-0.2, 0) is 10.2 Å². The quantitative estimate of drug-likeness (QED) is 0.888. The minimum absolute atomic E-state index is 0. The van der Waals surface area contributed by atoms with Gasteiger partial charge in [-0.25, -0.2) is 0 Å². The zero-order valence-electron chi connectivity index (χ0n) is 11.6. The van der Waals surface area contributed by atoms with Gasteiger partial charge in [0.1, 0.15) is 0 Å². The molecule has 0 aromatic heterocycles. The Bertz CT molecular complexity index is 365. The fourth-order valence-electron chi connectivity index (χ4n) is 1.84. The van der Waals surface area contributed by atoms with Crippen LogP contribution in [0.25, 0.3) is 0 Å². The van der Waals surface area contributed by atoms with Crippen LogP contribution in [0.1, 0.15) is 19.4 Å². The molecule has 3 nitrogen and oxygen atoms in total. The molecule has 1 aromatic rings. The van der Waals surface area contributed by atoms with Crippen LogP contribution in [0.5, 0.6) is 0 Å². The number of hydrogen-bond donors (Lipinski definition) is 1. The first-order valence-corrected chi connectivity index (χ1v) is 5.96. The molecular formula is C14H23ClN2O. The molecule has 0 bridgehead atoms. The van der Waals surface area contributed by atoms with Crippen LogP contribution in [0, 0.1) is 0 Å². The van der Waals surface area contributed by atoms with Crippen LogP contribution in [0.3, 0.4) is 0 Å². The number of amides is 1. The average molecular weight is 271 g/mol. The number of likely N-dealkylation sites (N-methyl/N-ethyl adjacent to an activating group) is 2. The number of nitrogens with zero attached hydrogens (tertiary/aromatic N) is 1. The molecular weight excluding hydrogens is 248 g/mol. The molecule has 0 saturated heterocycles. The summed E-state index contributed by atoms with van der Waals surface area (Å²) in [6.07, 6.45) is 0. The second-order valence-corrected chi connectivity index (χ2v) is 4.82. The molecule has 0 aliphatic heterocycles. The summed E-state index contributed by atoms with van der Waals surface area (Å²) in [4.78, 5) is 14.2. The van der Waals surface area contributed by atoms with Crippen molar-refractivity contribution in [2.45, 2.75) is 19.3 Å². The van der Waals surface area contributed by atoms with Gasteiger partial charge >= 0.3 is 0 Å². The van der Waals surface area contributed by atoms with Crippen molar-refractivity contribution in [2.75, 3.05) is 27.2 Å². The summed E-state index contributed by atoms with van der Waals surface area (Å²) < 4.78 is 0. The van der Waals surface area contributed by atoms with Gasteiger partial charge in [-0.3, -0.25) is 4.79 Å². The van der Waals surface area contributed by atoms with Gasteiger partial charge in [0.15, 0.2) is 0 Å². The highest BCUT2D eigenvalue weighted by Crippen LogP contribution is 2.24. The molecule has 1 N–H and O–H groups in total. The Morgan fingerprint density at radius 1 is 1.28 bits per heavy atom. The lowest BCUT2D eigenvalue weighted by Crippen LogP contribution is -2.43. The van der Waals surface area contributed by atoms with E-state index in [2.05, 4.69) is 5.32 Å². The highest BCUT2D eigenvalue weighted by molar-refractivity contribution is 5.87. The Morgan fingerprint density at radius 2 is 1.83 bits per heavy atom. The molecule has 0 saturated carbocycles. The Hall–Kier alpha value is -1.06. The predicted octanol–water partition coefficient (Wildman–Crippen LogP) is 2.06. The molecule has 4 heteroatoms. The summed E-state index contributed by atoms with van der Waals surface area (Å²) in [5, 5.41) is 3.05. The Morgan fingerprint density at radius 3 is 2.33 bits per heavy atom. The summed E-state index contributed by atoms with van der Waals surface area (Å²) in [7, 11) is 3.74. The number of carbonyl (C=O) groups is 1. The highest BCUT2D eigenvalue weighted by Gasteiger charge is 2.31. The Labute approximate surface area is 116 Å². The van der Waals surface area contributed by atoms with Gasteiger partial charge in [0, 0.05) is 20.1 Å². The van der Waals surface area contributed by atoms with Crippen LogP contribution in [0.2, 0.25) is 0 Å². The lowest BCUT2D eigenvalue weighted by molar-refractivity contribution is -0.134. The van der Waals surface area contributed by atoms with E-state index < -0.39 is 5.41 Å². The van der Waals surface area contributed by atoms with Gasteiger partial charge in [-0.1, -0.05) is 30.3 Å². The van der Waals surface area contributed by atoms with Crippen LogP contribution in [-0.4, -0.2) is 38.0 Å². The van der Waals surface area contributed by atoms with E-state index in [0.29, 0.717) is 0 Å². The number of nitrogens with one attached hydrogen (secondary N) is 1. The van der Waals surface area contributed by atoms with Crippen molar-refractivity contribution in [1.29, 1.82) is 0 Å². The van der Waals surface area contributed by atoms with E-state index >= 15 is 0 Å². The maximum absolute atomic E-state index is 12.4. The first-order chi connectivity index (χ1) is 8.00. The fraction of sp³-hybridized carbons (Fsp3) is 0.500. The summed E-state index contributed by atoms with van der Waals surface area (Å²) in [5.41, 5.74) is 0.588. The van der Waals surface area contributed by atoms with Crippen LogP contribution in [0.15, 0.2) is 30.3 Å². The van der Waals surface area contributed by atoms with Gasteiger partial charge in [0.05, 0.1) is 5.41 Å². The molecule has 0 aliphatic rings. The Kier molecular flexibility index (Phi) is 6.96. The van der Waals surface area contributed by atoms with E-state index in [1.165, 1.54) is 0 Å². The second-order valence-electron chi connectivity index (χ2n) is 4.82. The molecule has 0 radical (unpaired) electrons. The predicted molar refractivity (Wildman–Crippen MR) is 78.3 cm³/mol. The number of rotatable bonds is 5. The van der Waals surface area contributed by atoms with Crippen molar-refractivity contribution in [1.82, 2.24) is 10.2 Å². The smallest absolute Gasteiger partial charge is 0.232 e. The van der Waals surface area contributed by atoms with Crippen molar-refractivity contribution >= 4 is 18.3 Å². The number of halogens is 1. The molecule has 0 spiro atoms. The van der Waals surface area contributed by atoms with Gasteiger partial charge in [0.25, 0.3) is 0 Å². The van der Waals surface area contributed by atoms with E-state index in [1.54, 1.807) is 4.90 Å². The standard InChI is InChI=1S/C14H22N2O.ClH/c1-14(2,12-8-6-5-7-9-12)13(17)16(4)11-10-15-3;/h5-9,15H,10-11H2,1-4H3;1H. The van der Waals surface area contributed by atoms with E-state index in [0.717, 1.165) is 18.7 Å². The molecule has 1 amide bonds. The van der Waals surface area contributed by atoms with Gasteiger partial charge in [-0.05, 0) is 26.5 Å². The summed E-state index contributed by atoms with van der Waals surface area (Å²) >= 11 is 0. The van der Waals surface area contributed by atoms with E-state index in [-0.39, 0.29) is 18.3 Å². The third-order valence-electron chi connectivity index (χ3n) is 3.07. The molecule has 0 heterocycles. The minimum atomic E-state index is -0.469. The summed E-state index contributed by atoms with van der Waals surface area (Å²) in [6.45, 7) is 5.49. The topological polar surface area (TPSA) is 32.3 Å². The normalized spacial score (nSPS) is 10.7. The molecule has 102 valence electrons. The lowest BCUT2D eigenvalue weighted by Gasteiger charge is -2.29. The maximum Gasteiger partial charge on any atom is 0.232 e. The number of benzene rings is 1. The molecule has 18 heavy (non-hydrogen) atoms. The Balaban J connectivity index is 0.00000289. The van der Waals surface area contributed by atoms with Crippen molar-refractivity contribution < 1.29 is 4.79 Å². The summed E-state index contributed by atoms with van der Waals surface area (Å²) in [6, 6.07) is 9.91. The number of carbonyl (C=O) groups excluding carboxylic acids is 1. The van der Waals surface area contributed by atoms with Crippen molar-refractivity contribution in [3.8, 4) is 0 Å². The summed E-state index contributed by atoms with van der Waals surface area (Å²) in [5.74, 6) is 0.152. The molecule has 0 aliphatic carbocycles. The third kappa shape index (κ3) is 4.00. The maximum atomic E-state index is 12.4. The van der Waals surface area contributed by atoms with Gasteiger partial charge in [0.2, 0.25) is 5.91 Å². The molecule has 0 atom stereocenters. The monoisotopic (exact) mass is 270 g/mol. The molecule has 0 unspecified atom stereocenters. The van der Waals surface area contributed by atoms with E-state index in [4.69, 9.17) is 0 Å². The largest absolute Gasteiger partial charge is 0.344 e. The van der Waals surface area contributed by atoms with Crippen LogP contribution < -0.4 is 5.32 Å². The fourth-order valence-corrected chi connectivity index (χ4v) is 1.84. The molecule has 0 fully saturated rings. The van der Waals surface area contributed by atoms with Gasteiger partial charge in [-0.15, -0.1) is 12.4 Å². The van der Waals surface area contributed by atoms with E-state index in [9.17, 15) is 4.79 Å². The SMILES string of the molecule is CNCCN(C)C(=O)C(C)(C)c1ccccc1.Cl.